The Morgan fingerprint density at radius 2 is 1.98 bits per heavy atom. The van der Waals surface area contributed by atoms with E-state index in [4.69, 9.17) is 21.1 Å². The zero-order chi connectivity index (χ0) is 29.6. The second-order valence-electron chi connectivity index (χ2n) is 11.3. The monoisotopic (exact) mass is 608 g/mol. The predicted octanol–water partition coefficient (Wildman–Crippen LogP) is 2.14. The van der Waals surface area contributed by atoms with Crippen LogP contribution in [0.1, 0.15) is 29.8 Å². The topological polar surface area (TPSA) is 104 Å². The molecule has 4 heterocycles. The Balaban J connectivity index is 1.35. The van der Waals surface area contributed by atoms with Crippen molar-refractivity contribution in [3.63, 3.8) is 0 Å². The number of hydrogen-bond acceptors (Lipinski definition) is 8. The third-order valence-corrected chi connectivity index (χ3v) is 10.5. The lowest BCUT2D eigenvalue weighted by molar-refractivity contribution is -0.144. The van der Waals surface area contributed by atoms with Crippen molar-refractivity contribution in [2.45, 2.75) is 49.9 Å². The fourth-order valence-corrected chi connectivity index (χ4v) is 7.50. The Labute approximate surface area is 246 Å². The number of carbonyl (C=O) groups excluding carboxylic acids is 3. The number of likely N-dealkylation sites (N-methyl/N-ethyl adjacent to an activating group) is 1. The smallest absolute Gasteiger partial charge is 0.371 e. The van der Waals surface area contributed by atoms with Gasteiger partial charge < -0.3 is 24.6 Å². The Kier molecular flexibility index (Phi) is 8.53. The number of benzene rings is 1. The summed E-state index contributed by atoms with van der Waals surface area (Å²) in [7, 11) is 2.70. The first-order chi connectivity index (χ1) is 19.4. The molecule has 10 nitrogen and oxygen atoms in total. The van der Waals surface area contributed by atoms with Crippen molar-refractivity contribution in [2.24, 2.45) is 0 Å². The number of nitrogens with zero attached hydrogens (tertiary/aromatic N) is 4. The van der Waals surface area contributed by atoms with Gasteiger partial charge >= 0.3 is 5.13 Å². The Morgan fingerprint density at radius 1 is 1.27 bits per heavy atom. The van der Waals surface area contributed by atoms with Gasteiger partial charge in [0.2, 0.25) is 5.91 Å². The molecule has 0 bridgehead atoms. The zero-order valence-electron chi connectivity index (χ0n) is 23.9. The second-order valence-corrected chi connectivity index (χ2v) is 13.6. The number of alkyl halides is 1. The molecule has 3 saturated heterocycles. The minimum absolute atomic E-state index is 0.101. The zero-order valence-corrected chi connectivity index (χ0v) is 25.4. The van der Waals surface area contributed by atoms with Crippen LogP contribution in [0.15, 0.2) is 23.7 Å². The number of ether oxygens (including phenoxy) is 2. The van der Waals surface area contributed by atoms with E-state index in [1.54, 1.807) is 44.5 Å². The normalized spacial score (nSPS) is 25.0. The number of halogens is 2. The van der Waals surface area contributed by atoms with Crippen molar-refractivity contribution in [1.82, 2.24) is 20.1 Å². The third-order valence-electron chi connectivity index (χ3n) is 8.28. The molecular weight excluding hydrogens is 573 g/mol. The second kappa shape index (κ2) is 11.7. The van der Waals surface area contributed by atoms with E-state index in [0.717, 1.165) is 26.2 Å². The highest BCUT2D eigenvalue weighted by molar-refractivity contribution is 7.30. The lowest BCUT2D eigenvalue weighted by Crippen LogP contribution is -2.60. The summed E-state index contributed by atoms with van der Waals surface area (Å²) in [4.78, 5) is 47.7. The Morgan fingerprint density at radius 3 is 2.63 bits per heavy atom. The van der Waals surface area contributed by atoms with Crippen LogP contribution in [0.25, 0.3) is 11.3 Å². The number of aryl methyl sites for hydroxylation is 1. The fourth-order valence-electron chi connectivity index (χ4n) is 5.56. The number of hydrogen-bond donors (Lipinski definition) is 1. The molecule has 13 heteroatoms. The van der Waals surface area contributed by atoms with Gasteiger partial charge in [-0.15, -0.1) is 16.0 Å². The first kappa shape index (κ1) is 30.0. The minimum atomic E-state index is -1.11. The average molecular weight is 609 g/mol. The number of aromatic nitrogens is 1. The Bertz CT molecular complexity index is 1350. The summed E-state index contributed by atoms with van der Waals surface area (Å²) >= 11 is 6.39. The van der Waals surface area contributed by atoms with Gasteiger partial charge in [-0.1, -0.05) is 10.4 Å². The van der Waals surface area contributed by atoms with Crippen LogP contribution in [-0.4, -0.2) is 115 Å². The third kappa shape index (κ3) is 5.65. The summed E-state index contributed by atoms with van der Waals surface area (Å²) < 4.78 is 28.7. The summed E-state index contributed by atoms with van der Waals surface area (Å²) in [5, 5.41) is 2.01. The molecule has 2 aromatic rings. The van der Waals surface area contributed by atoms with Crippen LogP contribution in [0.3, 0.4) is 0 Å². The highest BCUT2D eigenvalue weighted by atomic mass is 35.5. The number of methoxy groups -OCH3 is 1. The number of amides is 2. The van der Waals surface area contributed by atoms with Crippen LogP contribution in [-0.2, 0) is 19.1 Å². The van der Waals surface area contributed by atoms with Gasteiger partial charge in [-0.05, 0) is 45.5 Å². The predicted molar refractivity (Wildman–Crippen MR) is 155 cm³/mol. The van der Waals surface area contributed by atoms with Gasteiger partial charge in [0.15, 0.2) is 11.5 Å². The van der Waals surface area contributed by atoms with Crippen LogP contribution in [0.5, 0.6) is 0 Å². The molecule has 1 aromatic heterocycles. The molecule has 41 heavy (non-hydrogen) atoms. The van der Waals surface area contributed by atoms with Crippen molar-refractivity contribution in [3.8, 4) is 11.3 Å². The molecule has 222 valence electrons. The molecule has 0 saturated carbocycles. The number of piperazine rings is 1. The van der Waals surface area contributed by atoms with Gasteiger partial charge in [-0.2, -0.15) is 4.98 Å². The number of nitrogens with one attached hydrogen (secondary N) is 1. The molecule has 5 unspecified atom stereocenters. The molecule has 3 aliphatic heterocycles. The Hall–Kier alpha value is -2.48. The molecular formula is C28H36ClFN5O5S+. The highest BCUT2D eigenvalue weighted by Gasteiger charge is 2.54. The van der Waals surface area contributed by atoms with E-state index < -0.39 is 51.6 Å². The summed E-state index contributed by atoms with van der Waals surface area (Å²) in [6.07, 6.45) is -0.574. The maximum Gasteiger partial charge on any atom is 0.371 e. The number of fused-ring (bicyclic) bond motifs is 1. The molecule has 0 spiro atoms. The lowest BCUT2D eigenvalue weighted by Gasteiger charge is -2.36. The van der Waals surface area contributed by atoms with Gasteiger partial charge in [0.25, 0.3) is 11.4 Å². The summed E-state index contributed by atoms with van der Waals surface area (Å²) in [6.45, 7) is 8.49. The van der Waals surface area contributed by atoms with Crippen LogP contribution in [0.2, 0.25) is 0 Å². The van der Waals surface area contributed by atoms with Gasteiger partial charge in [-0.3, -0.25) is 14.4 Å². The minimum Gasteiger partial charge on any atom is -0.376 e. The molecule has 3 fully saturated rings. The van der Waals surface area contributed by atoms with Crippen LogP contribution in [0, 0.1) is 12.1 Å². The summed E-state index contributed by atoms with van der Waals surface area (Å²) in [5.41, 5.74) is 2.45. The molecule has 1 N–H and O–H groups in total. The van der Waals surface area contributed by atoms with Gasteiger partial charge in [-0.25, -0.2) is 0 Å². The molecule has 5 atom stereocenters. The molecule has 1 aromatic carbocycles. The average Bonchev–Trinajstić information content (AvgIpc) is 3.62. The van der Waals surface area contributed by atoms with Crippen molar-refractivity contribution in [2.75, 3.05) is 57.8 Å². The maximum absolute atomic E-state index is 15.5. The van der Waals surface area contributed by atoms with E-state index in [9.17, 15) is 14.4 Å². The molecule has 2 amide bonds. The molecule has 3 aliphatic rings. The van der Waals surface area contributed by atoms with Gasteiger partial charge in [0.1, 0.15) is 35.5 Å². The van der Waals surface area contributed by atoms with Crippen molar-refractivity contribution >= 4 is 39.9 Å². The van der Waals surface area contributed by atoms with Crippen LogP contribution in [0.4, 0.5) is 4.39 Å². The van der Waals surface area contributed by atoms with Crippen molar-refractivity contribution < 1.29 is 28.2 Å². The van der Waals surface area contributed by atoms with E-state index in [1.807, 2.05) is 0 Å². The highest BCUT2D eigenvalue weighted by Crippen LogP contribution is 2.35. The summed E-state index contributed by atoms with van der Waals surface area (Å²) in [5.74, 6) is -1.19. The quantitative estimate of drug-likeness (QED) is 0.377. The molecule has 0 radical (unpaired) electrons. The van der Waals surface area contributed by atoms with Gasteiger partial charge in [0.05, 0.1) is 24.1 Å². The number of likely N-dealkylation sites (tertiary alicyclic amines) is 1. The van der Waals surface area contributed by atoms with Crippen LogP contribution < -0.4 is 9.62 Å². The SMILES string of the molecule is COC(C)(C)C(NC(=O)c1ccc(-c2nc[s+](N3CCN(C)CC3)c2F)c(C)c1)C(=O)N1CC(Cl)C2OCC(=O)C21. The van der Waals surface area contributed by atoms with E-state index in [-0.39, 0.29) is 29.8 Å². The maximum atomic E-state index is 15.5. The number of rotatable bonds is 7. The first-order valence-electron chi connectivity index (χ1n) is 13.6. The number of ketones is 1. The van der Waals surface area contributed by atoms with E-state index in [2.05, 4.69) is 26.6 Å². The number of thiazole rings is 1. The number of Topliss-reactive ketones (excluding diaryl/α,β-unsaturated/α-hetero) is 1. The van der Waals surface area contributed by atoms with Crippen molar-refractivity contribution in [1.29, 1.82) is 0 Å². The first-order valence-corrected chi connectivity index (χ1v) is 15.3. The van der Waals surface area contributed by atoms with E-state index in [0.29, 0.717) is 16.7 Å². The van der Waals surface area contributed by atoms with E-state index >= 15 is 4.39 Å². The van der Waals surface area contributed by atoms with Gasteiger partial charge in [0, 0.05) is 37.9 Å². The molecule has 0 aliphatic carbocycles. The van der Waals surface area contributed by atoms with Crippen LogP contribution >= 0.6 is 22.3 Å². The fraction of sp³-hybridized carbons (Fsp3) is 0.571. The van der Waals surface area contributed by atoms with E-state index in [1.165, 1.54) is 12.0 Å². The molecule has 5 rings (SSSR count). The standard InChI is InChI=1S/C28H35ClFN5O5S/c1-16-12-17(6-7-18(16)21-25(30)41(15-31-21)34-10-8-33(4)9-11-34)26(37)32-24(28(2,3)39-5)27(38)35-13-19(29)23-22(35)20(36)14-40-23/h6-7,12,15,19,22-24H,8-11,13-14H2,1-5H3/p+1. The number of carbonyl (C=O) groups is 3. The summed E-state index contributed by atoms with van der Waals surface area (Å²) in [6, 6.07) is 3.04. The lowest BCUT2D eigenvalue weighted by atomic mass is 9.95. The largest absolute Gasteiger partial charge is 0.376 e. The van der Waals surface area contributed by atoms with Crippen molar-refractivity contribution in [3.05, 3.63) is 40.0 Å².